The molecule has 1 aromatic rings. The van der Waals surface area contributed by atoms with E-state index in [0.717, 1.165) is 44.7 Å². The van der Waals surface area contributed by atoms with Crippen molar-refractivity contribution in [3.63, 3.8) is 0 Å². The lowest BCUT2D eigenvalue weighted by Gasteiger charge is -2.34. The first-order valence-corrected chi connectivity index (χ1v) is 8.63. The minimum absolute atomic E-state index is 0.0783. The van der Waals surface area contributed by atoms with Gasteiger partial charge in [-0.05, 0) is 53.4 Å². The molecule has 1 N–H and O–H groups in total. The second-order valence-corrected chi connectivity index (χ2v) is 6.54. The van der Waals surface area contributed by atoms with E-state index in [0.29, 0.717) is 12.1 Å². The Hall–Kier alpha value is -1.13. The molecule has 4 nitrogen and oxygen atoms in total. The maximum absolute atomic E-state index is 6.06. The van der Waals surface area contributed by atoms with Crippen molar-refractivity contribution < 1.29 is 4.74 Å². The highest BCUT2D eigenvalue weighted by Crippen LogP contribution is 2.28. The van der Waals surface area contributed by atoms with Gasteiger partial charge in [-0.25, -0.2) is 4.98 Å². The SMILES string of the molecule is CCn1ccnc1[C@H]1OCCC[C@@H]1N[C@@H](C)CCC=C(C)C. The van der Waals surface area contributed by atoms with Crippen molar-refractivity contribution in [1.29, 1.82) is 0 Å². The van der Waals surface area contributed by atoms with Crippen LogP contribution in [0.2, 0.25) is 0 Å². The zero-order chi connectivity index (χ0) is 15.9. The maximum atomic E-state index is 6.06. The molecule has 0 aromatic carbocycles. The van der Waals surface area contributed by atoms with Crippen molar-refractivity contribution in [2.24, 2.45) is 0 Å². The number of rotatable bonds is 7. The molecule has 1 aliphatic rings. The van der Waals surface area contributed by atoms with Crippen LogP contribution < -0.4 is 5.32 Å². The van der Waals surface area contributed by atoms with Gasteiger partial charge in [0.1, 0.15) is 11.9 Å². The zero-order valence-corrected chi connectivity index (χ0v) is 14.5. The Kier molecular flexibility index (Phi) is 6.65. The number of imidazole rings is 1. The molecule has 0 aliphatic carbocycles. The van der Waals surface area contributed by atoms with E-state index in [2.05, 4.69) is 48.6 Å². The largest absolute Gasteiger partial charge is 0.369 e. The van der Waals surface area contributed by atoms with Gasteiger partial charge in [-0.1, -0.05) is 11.6 Å². The summed E-state index contributed by atoms with van der Waals surface area (Å²) in [5.74, 6) is 1.07. The van der Waals surface area contributed by atoms with Gasteiger partial charge in [0.2, 0.25) is 0 Å². The smallest absolute Gasteiger partial charge is 0.139 e. The van der Waals surface area contributed by atoms with E-state index >= 15 is 0 Å². The fourth-order valence-corrected chi connectivity index (χ4v) is 3.12. The first kappa shape index (κ1) is 17.2. The molecule has 1 aliphatic heterocycles. The predicted molar refractivity (Wildman–Crippen MR) is 90.9 cm³/mol. The first-order valence-electron chi connectivity index (χ1n) is 8.63. The number of nitrogens with one attached hydrogen (secondary N) is 1. The van der Waals surface area contributed by atoms with Crippen LogP contribution >= 0.6 is 0 Å². The molecule has 2 rings (SSSR count). The summed E-state index contributed by atoms with van der Waals surface area (Å²) in [6.07, 6.45) is 10.9. The third-order valence-electron chi connectivity index (χ3n) is 4.32. The van der Waals surface area contributed by atoms with Crippen LogP contribution in [0, 0.1) is 0 Å². The van der Waals surface area contributed by atoms with Gasteiger partial charge in [0, 0.05) is 37.6 Å². The van der Waals surface area contributed by atoms with Crippen molar-refractivity contribution >= 4 is 0 Å². The lowest BCUT2D eigenvalue weighted by Crippen LogP contribution is -2.44. The molecule has 1 saturated heterocycles. The van der Waals surface area contributed by atoms with Crippen molar-refractivity contribution in [2.75, 3.05) is 6.61 Å². The summed E-state index contributed by atoms with van der Waals surface area (Å²) in [6, 6.07) is 0.859. The Labute approximate surface area is 135 Å². The Morgan fingerprint density at radius 1 is 1.55 bits per heavy atom. The second-order valence-electron chi connectivity index (χ2n) is 6.54. The molecule has 1 fully saturated rings. The quantitative estimate of drug-likeness (QED) is 0.778. The summed E-state index contributed by atoms with van der Waals surface area (Å²) in [6.45, 7) is 10.5. The number of allylic oxidation sites excluding steroid dienone is 2. The van der Waals surface area contributed by atoms with Crippen LogP contribution in [0.4, 0.5) is 0 Å². The molecule has 124 valence electrons. The molecule has 0 unspecified atom stereocenters. The van der Waals surface area contributed by atoms with E-state index < -0.39 is 0 Å². The van der Waals surface area contributed by atoms with Crippen molar-refractivity contribution in [3.8, 4) is 0 Å². The molecule has 0 bridgehead atoms. The first-order chi connectivity index (χ1) is 10.6. The van der Waals surface area contributed by atoms with Crippen LogP contribution in [-0.4, -0.2) is 28.2 Å². The van der Waals surface area contributed by atoms with Gasteiger partial charge in [-0.2, -0.15) is 0 Å². The van der Waals surface area contributed by atoms with Crippen LogP contribution in [0.15, 0.2) is 24.0 Å². The van der Waals surface area contributed by atoms with E-state index in [9.17, 15) is 0 Å². The topological polar surface area (TPSA) is 39.1 Å². The number of ether oxygens (including phenoxy) is 1. The van der Waals surface area contributed by atoms with Gasteiger partial charge in [0.25, 0.3) is 0 Å². The highest BCUT2D eigenvalue weighted by atomic mass is 16.5. The molecule has 0 saturated carbocycles. The third kappa shape index (κ3) is 4.68. The highest BCUT2D eigenvalue weighted by Gasteiger charge is 2.31. The number of nitrogens with zero attached hydrogens (tertiary/aromatic N) is 2. The third-order valence-corrected chi connectivity index (χ3v) is 4.32. The van der Waals surface area contributed by atoms with Crippen LogP contribution in [-0.2, 0) is 11.3 Å². The molecule has 0 spiro atoms. The normalized spacial score (nSPS) is 23.3. The summed E-state index contributed by atoms with van der Waals surface area (Å²) < 4.78 is 8.26. The second kappa shape index (κ2) is 8.49. The van der Waals surface area contributed by atoms with E-state index in [1.165, 1.54) is 5.57 Å². The van der Waals surface area contributed by atoms with E-state index in [1.807, 2.05) is 12.4 Å². The lowest BCUT2D eigenvalue weighted by atomic mass is 9.99. The molecule has 0 radical (unpaired) electrons. The molecular weight excluding hydrogens is 274 g/mol. The standard InChI is InChI=1S/C18H31N3O/c1-5-21-12-11-19-18(21)17-16(10-7-13-22-17)20-15(4)9-6-8-14(2)3/h8,11-12,15-17,20H,5-7,9-10,13H2,1-4H3/t15-,16-,17-/m0/s1. The fourth-order valence-electron chi connectivity index (χ4n) is 3.12. The van der Waals surface area contributed by atoms with Gasteiger partial charge >= 0.3 is 0 Å². The van der Waals surface area contributed by atoms with Gasteiger partial charge in [-0.15, -0.1) is 0 Å². The van der Waals surface area contributed by atoms with E-state index in [4.69, 9.17) is 4.74 Å². The summed E-state index contributed by atoms with van der Waals surface area (Å²) in [4.78, 5) is 4.54. The van der Waals surface area contributed by atoms with Crippen LogP contribution in [0.1, 0.15) is 65.3 Å². The molecule has 0 amide bonds. The average Bonchev–Trinajstić information content (AvgIpc) is 2.95. The Bertz CT molecular complexity index is 476. The van der Waals surface area contributed by atoms with Crippen LogP contribution in [0.25, 0.3) is 0 Å². The minimum Gasteiger partial charge on any atom is -0.369 e. The summed E-state index contributed by atoms with van der Waals surface area (Å²) in [7, 11) is 0. The maximum Gasteiger partial charge on any atom is 0.139 e. The average molecular weight is 305 g/mol. The summed E-state index contributed by atoms with van der Waals surface area (Å²) in [5, 5.41) is 3.77. The number of hydrogen-bond donors (Lipinski definition) is 1. The van der Waals surface area contributed by atoms with Gasteiger partial charge in [0.15, 0.2) is 0 Å². The van der Waals surface area contributed by atoms with Gasteiger partial charge in [-0.3, -0.25) is 0 Å². The molecule has 22 heavy (non-hydrogen) atoms. The van der Waals surface area contributed by atoms with Crippen molar-refractivity contribution in [1.82, 2.24) is 14.9 Å². The van der Waals surface area contributed by atoms with Gasteiger partial charge in [0.05, 0.1) is 0 Å². The van der Waals surface area contributed by atoms with E-state index in [-0.39, 0.29) is 6.10 Å². The highest BCUT2D eigenvalue weighted by molar-refractivity contribution is 5.03. The minimum atomic E-state index is 0.0783. The van der Waals surface area contributed by atoms with Crippen LogP contribution in [0.3, 0.4) is 0 Å². The van der Waals surface area contributed by atoms with E-state index in [1.54, 1.807) is 0 Å². The summed E-state index contributed by atoms with van der Waals surface area (Å²) >= 11 is 0. The Morgan fingerprint density at radius 2 is 2.36 bits per heavy atom. The van der Waals surface area contributed by atoms with Crippen LogP contribution in [0.5, 0.6) is 0 Å². The summed E-state index contributed by atoms with van der Waals surface area (Å²) in [5.41, 5.74) is 1.40. The Morgan fingerprint density at radius 3 is 3.09 bits per heavy atom. The van der Waals surface area contributed by atoms with Crippen molar-refractivity contribution in [3.05, 3.63) is 29.9 Å². The Balaban J connectivity index is 1.96. The predicted octanol–water partition coefficient (Wildman–Crippen LogP) is 3.85. The van der Waals surface area contributed by atoms with Gasteiger partial charge < -0.3 is 14.6 Å². The molecule has 3 atom stereocenters. The van der Waals surface area contributed by atoms with Crippen molar-refractivity contribution in [2.45, 2.75) is 78.1 Å². The number of aryl methyl sites for hydroxylation is 1. The molecule has 1 aromatic heterocycles. The number of hydrogen-bond acceptors (Lipinski definition) is 3. The number of aromatic nitrogens is 2. The zero-order valence-electron chi connectivity index (χ0n) is 14.5. The lowest BCUT2D eigenvalue weighted by molar-refractivity contribution is -0.0205. The molecular formula is C18H31N3O. The molecule has 4 heteroatoms. The molecule has 2 heterocycles. The monoisotopic (exact) mass is 305 g/mol. The fraction of sp³-hybridized carbons (Fsp3) is 0.722.